The number of anilines is 1. The lowest BCUT2D eigenvalue weighted by Gasteiger charge is -2.21. The number of carbonyl (C=O) groups is 1. The van der Waals surface area contributed by atoms with Crippen LogP contribution in [0.1, 0.15) is 34.0 Å². The van der Waals surface area contributed by atoms with Crippen LogP contribution in [0.25, 0.3) is 0 Å². The molecule has 0 radical (unpaired) electrons. The molecule has 0 atom stereocenters. The maximum atomic E-state index is 12.9. The second kappa shape index (κ2) is 9.01. The first kappa shape index (κ1) is 20.0. The van der Waals surface area contributed by atoms with E-state index < -0.39 is 0 Å². The molecule has 154 valence electrons. The topological polar surface area (TPSA) is 82.6 Å². The van der Waals surface area contributed by atoms with Crippen LogP contribution in [0, 0.1) is 18.3 Å². The van der Waals surface area contributed by atoms with Crippen LogP contribution in [0.5, 0.6) is 5.75 Å². The zero-order valence-corrected chi connectivity index (χ0v) is 17.5. The van der Waals surface area contributed by atoms with Crippen LogP contribution in [0.4, 0.5) is 5.13 Å². The number of hydrogen-bond donors (Lipinski definition) is 0. The van der Waals surface area contributed by atoms with E-state index in [-0.39, 0.29) is 12.5 Å². The SMILES string of the molecule is Cc1csc(N2CCCN(C(=O)c3ccc(COc4ccc(C#N)cc4)o3)CC2)n1. The highest BCUT2D eigenvalue weighted by atomic mass is 32.1. The lowest BCUT2D eigenvalue weighted by atomic mass is 10.2. The Balaban J connectivity index is 1.33. The Morgan fingerprint density at radius 1 is 1.20 bits per heavy atom. The van der Waals surface area contributed by atoms with Gasteiger partial charge in [-0.3, -0.25) is 4.79 Å². The third-order valence-corrected chi connectivity index (χ3v) is 5.92. The number of furan rings is 1. The number of aryl methyl sites for hydroxylation is 1. The van der Waals surface area contributed by atoms with Crippen molar-refractivity contribution in [3.05, 3.63) is 64.6 Å². The van der Waals surface area contributed by atoms with Gasteiger partial charge in [0.2, 0.25) is 0 Å². The van der Waals surface area contributed by atoms with Crippen LogP contribution in [0.2, 0.25) is 0 Å². The molecule has 1 saturated heterocycles. The third kappa shape index (κ3) is 4.63. The molecule has 0 spiro atoms. The van der Waals surface area contributed by atoms with Crippen molar-refractivity contribution in [2.45, 2.75) is 20.0 Å². The normalized spacial score (nSPS) is 14.3. The first-order chi connectivity index (χ1) is 14.6. The summed E-state index contributed by atoms with van der Waals surface area (Å²) in [6, 6.07) is 12.4. The standard InChI is InChI=1S/C22H22N4O3S/c1-16-15-30-22(24-16)26-10-2-9-25(11-12-26)21(27)20-8-7-19(29-20)14-28-18-5-3-17(13-23)4-6-18/h3-8,15H,2,9-12,14H2,1H3. The fraction of sp³-hybridized carbons (Fsp3) is 0.318. The Labute approximate surface area is 179 Å². The Morgan fingerprint density at radius 2 is 2.03 bits per heavy atom. The largest absolute Gasteiger partial charge is 0.486 e. The maximum absolute atomic E-state index is 12.9. The molecular formula is C22H22N4O3S. The van der Waals surface area contributed by atoms with Gasteiger partial charge in [-0.15, -0.1) is 11.3 Å². The molecule has 8 heteroatoms. The molecule has 1 fully saturated rings. The van der Waals surface area contributed by atoms with Crippen LogP contribution in [-0.4, -0.2) is 42.0 Å². The summed E-state index contributed by atoms with van der Waals surface area (Å²) in [7, 11) is 0. The average molecular weight is 423 g/mol. The third-order valence-electron chi connectivity index (χ3n) is 4.90. The number of nitrogens with zero attached hydrogens (tertiary/aromatic N) is 4. The number of hydrogen-bond acceptors (Lipinski definition) is 7. The molecular weight excluding hydrogens is 400 g/mol. The van der Waals surface area contributed by atoms with Gasteiger partial charge < -0.3 is 19.0 Å². The molecule has 3 heterocycles. The Hall–Kier alpha value is -3.31. The molecule has 0 aliphatic carbocycles. The maximum Gasteiger partial charge on any atom is 0.289 e. The van der Waals surface area contributed by atoms with Crippen molar-refractivity contribution in [3.8, 4) is 11.8 Å². The number of carbonyl (C=O) groups excluding carboxylic acids is 1. The number of thiazole rings is 1. The van der Waals surface area contributed by atoms with Crippen LogP contribution in [-0.2, 0) is 6.61 Å². The predicted molar refractivity (Wildman–Crippen MR) is 114 cm³/mol. The summed E-state index contributed by atoms with van der Waals surface area (Å²) in [6.07, 6.45) is 0.889. The number of benzene rings is 1. The van der Waals surface area contributed by atoms with Gasteiger partial charge in [0.05, 0.1) is 17.3 Å². The molecule has 0 saturated carbocycles. The molecule has 30 heavy (non-hydrogen) atoms. The van der Waals surface area contributed by atoms with Crippen LogP contribution in [0.3, 0.4) is 0 Å². The molecule has 1 aliphatic heterocycles. The molecule has 4 rings (SSSR count). The molecule has 0 bridgehead atoms. The first-order valence-electron chi connectivity index (χ1n) is 9.80. The summed E-state index contributed by atoms with van der Waals surface area (Å²) in [5.41, 5.74) is 1.60. The van der Waals surface area contributed by atoms with Gasteiger partial charge in [0.25, 0.3) is 5.91 Å². The Kier molecular flexibility index (Phi) is 6.00. The number of rotatable bonds is 5. The van der Waals surface area contributed by atoms with E-state index in [0.717, 1.165) is 30.3 Å². The van der Waals surface area contributed by atoms with Crippen molar-refractivity contribution in [3.63, 3.8) is 0 Å². The van der Waals surface area contributed by atoms with Gasteiger partial charge in [0.15, 0.2) is 10.9 Å². The second-order valence-corrected chi connectivity index (χ2v) is 7.93. The average Bonchev–Trinajstić information content (AvgIpc) is 3.35. The molecule has 1 amide bonds. The monoisotopic (exact) mass is 422 g/mol. The van der Waals surface area contributed by atoms with E-state index in [2.05, 4.69) is 16.0 Å². The Bertz CT molecular complexity index is 1050. The van der Waals surface area contributed by atoms with Gasteiger partial charge in [0.1, 0.15) is 18.1 Å². The first-order valence-corrected chi connectivity index (χ1v) is 10.7. The van der Waals surface area contributed by atoms with E-state index in [4.69, 9.17) is 14.4 Å². The van der Waals surface area contributed by atoms with Crippen LogP contribution < -0.4 is 9.64 Å². The van der Waals surface area contributed by atoms with E-state index in [1.54, 1.807) is 47.7 Å². The van der Waals surface area contributed by atoms with Gasteiger partial charge in [-0.1, -0.05) is 0 Å². The van der Waals surface area contributed by atoms with Gasteiger partial charge in [-0.2, -0.15) is 5.26 Å². The van der Waals surface area contributed by atoms with Gasteiger partial charge >= 0.3 is 0 Å². The van der Waals surface area contributed by atoms with E-state index in [0.29, 0.717) is 35.9 Å². The number of ether oxygens (including phenoxy) is 1. The minimum atomic E-state index is -0.100. The van der Waals surface area contributed by atoms with E-state index in [9.17, 15) is 4.79 Å². The van der Waals surface area contributed by atoms with Crippen molar-refractivity contribution in [2.24, 2.45) is 0 Å². The van der Waals surface area contributed by atoms with Crippen molar-refractivity contribution in [2.75, 3.05) is 31.1 Å². The molecule has 3 aromatic rings. The zero-order chi connectivity index (χ0) is 20.9. The molecule has 1 aromatic carbocycles. The second-order valence-electron chi connectivity index (χ2n) is 7.10. The molecule has 1 aliphatic rings. The minimum absolute atomic E-state index is 0.100. The van der Waals surface area contributed by atoms with E-state index >= 15 is 0 Å². The Morgan fingerprint density at radius 3 is 2.77 bits per heavy atom. The van der Waals surface area contributed by atoms with Crippen molar-refractivity contribution in [1.82, 2.24) is 9.88 Å². The van der Waals surface area contributed by atoms with Crippen LogP contribution >= 0.6 is 11.3 Å². The summed E-state index contributed by atoms with van der Waals surface area (Å²) >= 11 is 1.64. The number of nitriles is 1. The highest BCUT2D eigenvalue weighted by Gasteiger charge is 2.23. The summed E-state index contributed by atoms with van der Waals surface area (Å²) < 4.78 is 11.4. The molecule has 0 unspecified atom stereocenters. The van der Waals surface area contributed by atoms with Gasteiger partial charge in [-0.05, 0) is 49.7 Å². The molecule has 0 N–H and O–H groups in total. The smallest absolute Gasteiger partial charge is 0.289 e. The fourth-order valence-electron chi connectivity index (χ4n) is 3.31. The van der Waals surface area contributed by atoms with Crippen molar-refractivity contribution < 1.29 is 13.9 Å². The number of amides is 1. The molecule has 7 nitrogen and oxygen atoms in total. The predicted octanol–water partition coefficient (Wildman–Crippen LogP) is 3.85. The van der Waals surface area contributed by atoms with Crippen molar-refractivity contribution in [1.29, 1.82) is 5.26 Å². The molecule has 2 aromatic heterocycles. The summed E-state index contributed by atoms with van der Waals surface area (Å²) in [5, 5.41) is 11.9. The van der Waals surface area contributed by atoms with Gasteiger partial charge in [0, 0.05) is 31.6 Å². The van der Waals surface area contributed by atoms with E-state index in [1.165, 1.54) is 0 Å². The summed E-state index contributed by atoms with van der Waals surface area (Å²) in [5.74, 6) is 1.45. The zero-order valence-electron chi connectivity index (χ0n) is 16.7. The fourth-order valence-corrected chi connectivity index (χ4v) is 4.16. The lowest BCUT2D eigenvalue weighted by molar-refractivity contribution is 0.0731. The van der Waals surface area contributed by atoms with Gasteiger partial charge in [-0.25, -0.2) is 4.98 Å². The van der Waals surface area contributed by atoms with Crippen molar-refractivity contribution >= 4 is 22.4 Å². The quantitative estimate of drug-likeness (QED) is 0.621. The van der Waals surface area contributed by atoms with E-state index in [1.807, 2.05) is 17.2 Å². The minimum Gasteiger partial charge on any atom is -0.486 e. The summed E-state index contributed by atoms with van der Waals surface area (Å²) in [6.45, 7) is 5.18. The lowest BCUT2D eigenvalue weighted by Crippen LogP contribution is -2.35. The highest BCUT2D eigenvalue weighted by molar-refractivity contribution is 7.13. The number of aromatic nitrogens is 1. The summed E-state index contributed by atoms with van der Waals surface area (Å²) in [4.78, 5) is 21.5. The highest BCUT2D eigenvalue weighted by Crippen LogP contribution is 2.22. The van der Waals surface area contributed by atoms with Crippen LogP contribution in [0.15, 0.2) is 46.2 Å².